The van der Waals surface area contributed by atoms with Gasteiger partial charge in [-0.1, -0.05) is 24.9 Å². The van der Waals surface area contributed by atoms with Crippen LogP contribution in [-0.2, 0) is 4.74 Å². The molecule has 0 aromatic heterocycles. The topological polar surface area (TPSA) is 64.3 Å². The molecule has 0 aliphatic rings. The van der Waals surface area contributed by atoms with Gasteiger partial charge in [-0.3, -0.25) is 4.79 Å². The molecule has 106 valence electrons. The summed E-state index contributed by atoms with van der Waals surface area (Å²) in [6.45, 7) is 4.18. The monoisotopic (exact) mass is 284 g/mol. The van der Waals surface area contributed by atoms with Crippen LogP contribution in [-0.4, -0.2) is 25.7 Å². The van der Waals surface area contributed by atoms with Crippen LogP contribution in [0.5, 0.6) is 0 Å². The van der Waals surface area contributed by atoms with Crippen LogP contribution < -0.4 is 11.1 Å². The van der Waals surface area contributed by atoms with Gasteiger partial charge in [-0.05, 0) is 31.0 Å². The van der Waals surface area contributed by atoms with Crippen molar-refractivity contribution in [2.75, 3.05) is 25.5 Å². The Morgan fingerprint density at radius 2 is 2.11 bits per heavy atom. The number of halogens is 1. The van der Waals surface area contributed by atoms with Gasteiger partial charge < -0.3 is 15.8 Å². The lowest BCUT2D eigenvalue weighted by Crippen LogP contribution is -2.25. The number of hydrogen-bond donors (Lipinski definition) is 2. The van der Waals surface area contributed by atoms with E-state index in [0.29, 0.717) is 29.4 Å². The zero-order valence-electron chi connectivity index (χ0n) is 11.2. The number of anilines is 1. The van der Waals surface area contributed by atoms with E-state index >= 15 is 0 Å². The van der Waals surface area contributed by atoms with Crippen molar-refractivity contribution in [1.82, 2.24) is 5.32 Å². The van der Waals surface area contributed by atoms with E-state index in [1.54, 1.807) is 18.2 Å². The first-order valence-corrected chi connectivity index (χ1v) is 6.94. The summed E-state index contributed by atoms with van der Waals surface area (Å²) < 4.78 is 5.41. The van der Waals surface area contributed by atoms with Crippen molar-refractivity contribution in [3.63, 3.8) is 0 Å². The van der Waals surface area contributed by atoms with E-state index in [-0.39, 0.29) is 5.91 Å². The molecule has 0 atom stereocenters. The molecule has 0 aliphatic carbocycles. The molecule has 4 nitrogen and oxygen atoms in total. The van der Waals surface area contributed by atoms with E-state index in [4.69, 9.17) is 22.1 Å². The minimum Gasteiger partial charge on any atom is -0.398 e. The summed E-state index contributed by atoms with van der Waals surface area (Å²) in [5.41, 5.74) is 6.59. The lowest BCUT2D eigenvalue weighted by atomic mass is 10.2. The lowest BCUT2D eigenvalue weighted by molar-refractivity contribution is 0.0940. The van der Waals surface area contributed by atoms with Gasteiger partial charge in [-0.25, -0.2) is 0 Å². The van der Waals surface area contributed by atoms with Crippen molar-refractivity contribution in [3.8, 4) is 0 Å². The van der Waals surface area contributed by atoms with Gasteiger partial charge in [-0.15, -0.1) is 0 Å². The van der Waals surface area contributed by atoms with Gasteiger partial charge in [0, 0.05) is 25.3 Å². The molecule has 0 saturated heterocycles. The number of nitrogens with one attached hydrogen (secondary N) is 1. The number of amides is 1. The van der Waals surface area contributed by atoms with Crippen molar-refractivity contribution in [1.29, 1.82) is 0 Å². The molecule has 0 fully saturated rings. The van der Waals surface area contributed by atoms with E-state index in [9.17, 15) is 4.79 Å². The standard InChI is InChI=1S/C14H21ClN2O2/c1-2-3-8-19-9-4-7-17-14(18)11-5-6-12(15)13(16)10-11/h5-6,10H,2-4,7-9,16H2,1H3,(H,17,18). The maximum atomic E-state index is 11.8. The number of hydrogen-bond acceptors (Lipinski definition) is 3. The number of nitrogen functional groups attached to an aromatic ring is 1. The van der Waals surface area contributed by atoms with Gasteiger partial charge >= 0.3 is 0 Å². The number of ether oxygens (including phenoxy) is 1. The number of nitrogens with two attached hydrogens (primary N) is 1. The normalized spacial score (nSPS) is 10.4. The highest BCUT2D eigenvalue weighted by atomic mass is 35.5. The van der Waals surface area contributed by atoms with Crippen molar-refractivity contribution in [2.24, 2.45) is 0 Å². The van der Waals surface area contributed by atoms with Gasteiger partial charge in [0.25, 0.3) is 5.91 Å². The number of carbonyl (C=O) groups is 1. The van der Waals surface area contributed by atoms with Crippen LogP contribution in [0.4, 0.5) is 5.69 Å². The summed E-state index contributed by atoms with van der Waals surface area (Å²) in [6.07, 6.45) is 3.02. The van der Waals surface area contributed by atoms with Gasteiger partial charge in [-0.2, -0.15) is 0 Å². The minimum absolute atomic E-state index is 0.142. The molecule has 5 heteroatoms. The Hall–Kier alpha value is -1.26. The van der Waals surface area contributed by atoms with Crippen LogP contribution in [0.2, 0.25) is 5.02 Å². The van der Waals surface area contributed by atoms with Crippen LogP contribution in [0.25, 0.3) is 0 Å². The van der Waals surface area contributed by atoms with E-state index < -0.39 is 0 Å². The summed E-state index contributed by atoms with van der Waals surface area (Å²) in [4.78, 5) is 11.8. The summed E-state index contributed by atoms with van der Waals surface area (Å²) in [5, 5.41) is 3.28. The molecule has 1 rings (SSSR count). The molecule has 0 radical (unpaired) electrons. The van der Waals surface area contributed by atoms with Crippen LogP contribution in [0.1, 0.15) is 36.5 Å². The molecule has 0 bridgehead atoms. The van der Waals surface area contributed by atoms with Crippen molar-refractivity contribution < 1.29 is 9.53 Å². The number of carbonyl (C=O) groups excluding carboxylic acids is 1. The fourth-order valence-corrected chi connectivity index (χ4v) is 1.63. The summed E-state index contributed by atoms with van der Waals surface area (Å²) in [5.74, 6) is -0.142. The van der Waals surface area contributed by atoms with Crippen LogP contribution in [0.3, 0.4) is 0 Å². The third-order valence-corrected chi connectivity index (χ3v) is 3.00. The third kappa shape index (κ3) is 5.94. The first-order valence-electron chi connectivity index (χ1n) is 6.56. The number of benzene rings is 1. The SMILES string of the molecule is CCCCOCCCNC(=O)c1ccc(Cl)c(N)c1. The van der Waals surface area contributed by atoms with Crippen molar-refractivity contribution in [2.45, 2.75) is 26.2 Å². The average Bonchev–Trinajstić information content (AvgIpc) is 2.40. The second-order valence-corrected chi connectivity index (χ2v) is 4.72. The van der Waals surface area contributed by atoms with Gasteiger partial charge in [0.1, 0.15) is 0 Å². The van der Waals surface area contributed by atoms with Crippen molar-refractivity contribution >= 4 is 23.2 Å². The molecule has 3 N–H and O–H groups in total. The largest absolute Gasteiger partial charge is 0.398 e. The average molecular weight is 285 g/mol. The maximum absolute atomic E-state index is 11.8. The van der Waals surface area contributed by atoms with Gasteiger partial charge in [0.15, 0.2) is 0 Å². The molecule has 1 amide bonds. The molecular weight excluding hydrogens is 264 g/mol. The predicted octanol–water partition coefficient (Wildman–Crippen LogP) is 2.86. The molecule has 0 saturated carbocycles. The van der Waals surface area contributed by atoms with Gasteiger partial charge in [0.05, 0.1) is 10.7 Å². The zero-order valence-corrected chi connectivity index (χ0v) is 12.0. The fourth-order valence-electron chi connectivity index (χ4n) is 1.51. The third-order valence-electron chi connectivity index (χ3n) is 2.65. The Morgan fingerprint density at radius 1 is 1.37 bits per heavy atom. The Kier molecular flexibility index (Phi) is 7.30. The number of unbranched alkanes of at least 4 members (excludes halogenated alkanes) is 1. The summed E-state index contributed by atoms with van der Waals surface area (Å²) in [6, 6.07) is 4.86. The van der Waals surface area contributed by atoms with Crippen LogP contribution in [0.15, 0.2) is 18.2 Å². The van der Waals surface area contributed by atoms with Crippen molar-refractivity contribution in [3.05, 3.63) is 28.8 Å². The molecule has 1 aromatic rings. The van der Waals surface area contributed by atoms with E-state index in [1.807, 2.05) is 0 Å². The lowest BCUT2D eigenvalue weighted by Gasteiger charge is -2.07. The van der Waals surface area contributed by atoms with Crippen LogP contribution >= 0.6 is 11.6 Å². The Labute approximate surface area is 119 Å². The maximum Gasteiger partial charge on any atom is 0.251 e. The second-order valence-electron chi connectivity index (χ2n) is 4.31. The molecule has 0 heterocycles. The summed E-state index contributed by atoms with van der Waals surface area (Å²) >= 11 is 5.80. The molecule has 0 spiro atoms. The quantitative estimate of drug-likeness (QED) is 0.570. The highest BCUT2D eigenvalue weighted by Gasteiger charge is 2.06. The smallest absolute Gasteiger partial charge is 0.251 e. The first-order chi connectivity index (χ1) is 9.15. The molecular formula is C14H21ClN2O2. The van der Waals surface area contributed by atoms with E-state index in [1.165, 1.54) is 0 Å². The van der Waals surface area contributed by atoms with E-state index in [2.05, 4.69) is 12.2 Å². The zero-order chi connectivity index (χ0) is 14.1. The number of rotatable bonds is 8. The second kappa shape index (κ2) is 8.77. The molecule has 1 aromatic carbocycles. The van der Waals surface area contributed by atoms with Gasteiger partial charge in [0.2, 0.25) is 0 Å². The Morgan fingerprint density at radius 3 is 2.79 bits per heavy atom. The minimum atomic E-state index is -0.142. The Bertz CT molecular complexity index is 410. The van der Waals surface area contributed by atoms with E-state index in [0.717, 1.165) is 25.9 Å². The Balaban J connectivity index is 2.22. The fraction of sp³-hybridized carbons (Fsp3) is 0.500. The predicted molar refractivity (Wildman–Crippen MR) is 78.5 cm³/mol. The molecule has 0 aliphatic heterocycles. The van der Waals surface area contributed by atoms with Crippen LogP contribution in [0, 0.1) is 0 Å². The molecule has 19 heavy (non-hydrogen) atoms. The highest BCUT2D eigenvalue weighted by Crippen LogP contribution is 2.19. The first kappa shape index (κ1) is 15.8. The molecule has 0 unspecified atom stereocenters. The summed E-state index contributed by atoms with van der Waals surface area (Å²) in [7, 11) is 0. The highest BCUT2D eigenvalue weighted by molar-refractivity contribution is 6.33.